The minimum Gasteiger partial charge on any atom is -0.370 e. The summed E-state index contributed by atoms with van der Waals surface area (Å²) in [4.78, 5) is 14.5. The molecule has 0 aromatic carbocycles. The molecule has 0 atom stereocenters. The summed E-state index contributed by atoms with van der Waals surface area (Å²) in [6, 6.07) is 3.19. The maximum atomic E-state index is 10.7. The highest BCUT2D eigenvalue weighted by Crippen LogP contribution is 2.17. The van der Waals surface area contributed by atoms with Gasteiger partial charge in [0, 0.05) is 12.6 Å². The van der Waals surface area contributed by atoms with E-state index in [1.54, 1.807) is 13.0 Å². The molecule has 0 aliphatic rings. The normalized spacial score (nSPS) is 10.6. The fraction of sp³-hybridized carbons (Fsp3) is 0.688. The van der Waals surface area contributed by atoms with E-state index in [9.17, 15) is 10.1 Å². The molecule has 0 saturated heterocycles. The second kappa shape index (κ2) is 10.1. The van der Waals surface area contributed by atoms with E-state index in [4.69, 9.17) is 0 Å². The highest BCUT2D eigenvalue weighted by Gasteiger charge is 2.11. The van der Waals surface area contributed by atoms with Gasteiger partial charge in [-0.3, -0.25) is 10.1 Å². The van der Waals surface area contributed by atoms with Gasteiger partial charge in [0.15, 0.2) is 0 Å². The SMILES string of the molecule is CCCCCCCCCCNc1ccc([N+](=O)[O-])c(C)n1. The lowest BCUT2D eigenvalue weighted by Crippen LogP contribution is -2.05. The number of aromatic nitrogens is 1. The molecule has 0 bridgehead atoms. The molecule has 0 saturated carbocycles. The maximum absolute atomic E-state index is 10.7. The number of nitrogens with zero attached hydrogens (tertiary/aromatic N) is 2. The van der Waals surface area contributed by atoms with Crippen LogP contribution in [0.1, 0.15) is 64.0 Å². The van der Waals surface area contributed by atoms with Crippen molar-refractivity contribution in [1.82, 2.24) is 4.98 Å². The lowest BCUT2D eigenvalue weighted by atomic mass is 10.1. The Bertz CT molecular complexity index is 436. The number of pyridine rings is 1. The van der Waals surface area contributed by atoms with Gasteiger partial charge in [0.05, 0.1) is 4.92 Å². The smallest absolute Gasteiger partial charge is 0.290 e. The Kier molecular flexibility index (Phi) is 8.40. The van der Waals surface area contributed by atoms with Crippen LogP contribution in [0.25, 0.3) is 0 Å². The Morgan fingerprint density at radius 1 is 1.10 bits per heavy atom. The minimum atomic E-state index is -0.398. The lowest BCUT2D eigenvalue weighted by Gasteiger charge is -2.06. The van der Waals surface area contributed by atoms with Crippen LogP contribution in [0.4, 0.5) is 11.5 Å². The third kappa shape index (κ3) is 7.06. The number of unbranched alkanes of at least 4 members (excludes halogenated alkanes) is 7. The molecule has 0 amide bonds. The lowest BCUT2D eigenvalue weighted by molar-refractivity contribution is -0.385. The average molecular weight is 293 g/mol. The van der Waals surface area contributed by atoms with Gasteiger partial charge in [-0.2, -0.15) is 0 Å². The van der Waals surface area contributed by atoms with Crippen LogP contribution >= 0.6 is 0 Å². The molecule has 5 nitrogen and oxygen atoms in total. The highest BCUT2D eigenvalue weighted by atomic mass is 16.6. The number of anilines is 1. The molecule has 0 unspecified atom stereocenters. The van der Waals surface area contributed by atoms with Crippen molar-refractivity contribution in [3.63, 3.8) is 0 Å². The number of hydrogen-bond donors (Lipinski definition) is 1. The summed E-state index contributed by atoms with van der Waals surface area (Å²) in [5.74, 6) is 0.723. The number of aryl methyl sites for hydroxylation is 1. The van der Waals surface area contributed by atoms with E-state index < -0.39 is 4.92 Å². The molecule has 1 aromatic rings. The van der Waals surface area contributed by atoms with Gasteiger partial charge < -0.3 is 5.32 Å². The van der Waals surface area contributed by atoms with Crippen LogP contribution < -0.4 is 5.32 Å². The predicted molar refractivity (Wildman–Crippen MR) is 86.7 cm³/mol. The summed E-state index contributed by atoms with van der Waals surface area (Å²) in [6.45, 7) is 4.78. The van der Waals surface area contributed by atoms with E-state index in [2.05, 4.69) is 17.2 Å². The van der Waals surface area contributed by atoms with E-state index in [-0.39, 0.29) is 5.69 Å². The van der Waals surface area contributed by atoms with Crippen molar-refractivity contribution in [3.05, 3.63) is 27.9 Å². The zero-order chi connectivity index (χ0) is 15.5. The Morgan fingerprint density at radius 2 is 1.71 bits per heavy atom. The summed E-state index contributed by atoms with van der Waals surface area (Å²) in [7, 11) is 0. The third-order valence-electron chi connectivity index (χ3n) is 3.59. The molecular formula is C16H27N3O2. The molecule has 0 radical (unpaired) electrons. The molecule has 0 aliphatic carbocycles. The van der Waals surface area contributed by atoms with E-state index in [0.717, 1.165) is 18.8 Å². The first-order valence-corrected chi connectivity index (χ1v) is 8.01. The number of nitrogens with one attached hydrogen (secondary N) is 1. The van der Waals surface area contributed by atoms with Crippen LogP contribution in [-0.2, 0) is 0 Å². The van der Waals surface area contributed by atoms with Gasteiger partial charge in [0.2, 0.25) is 0 Å². The first kappa shape index (κ1) is 17.4. The molecule has 0 spiro atoms. The number of rotatable bonds is 11. The summed E-state index contributed by atoms with van der Waals surface area (Å²) in [5, 5.41) is 13.9. The quantitative estimate of drug-likeness (QED) is 0.360. The van der Waals surface area contributed by atoms with Gasteiger partial charge in [-0.1, -0.05) is 51.9 Å². The minimum absolute atomic E-state index is 0.0765. The van der Waals surface area contributed by atoms with E-state index >= 15 is 0 Å². The molecule has 0 aliphatic heterocycles. The van der Waals surface area contributed by atoms with Crippen LogP contribution in [0.5, 0.6) is 0 Å². The summed E-state index contributed by atoms with van der Waals surface area (Å²) in [6.07, 6.45) is 10.3. The molecule has 118 valence electrons. The van der Waals surface area contributed by atoms with Crippen molar-refractivity contribution in [2.45, 2.75) is 65.2 Å². The van der Waals surface area contributed by atoms with E-state index in [1.807, 2.05) is 0 Å². The standard InChI is InChI=1S/C16H27N3O2/c1-3-4-5-6-7-8-9-10-13-17-16-12-11-15(19(20)21)14(2)18-16/h11-12H,3-10,13H2,1-2H3,(H,17,18). The van der Waals surface area contributed by atoms with Crippen molar-refractivity contribution in [3.8, 4) is 0 Å². The second-order valence-corrected chi connectivity index (χ2v) is 5.46. The van der Waals surface area contributed by atoms with Crippen LogP contribution in [0.3, 0.4) is 0 Å². The van der Waals surface area contributed by atoms with E-state index in [1.165, 1.54) is 51.0 Å². The average Bonchev–Trinajstić information content (AvgIpc) is 2.45. The highest BCUT2D eigenvalue weighted by molar-refractivity contribution is 5.44. The second-order valence-electron chi connectivity index (χ2n) is 5.46. The third-order valence-corrected chi connectivity index (χ3v) is 3.59. The molecular weight excluding hydrogens is 266 g/mol. The van der Waals surface area contributed by atoms with E-state index in [0.29, 0.717) is 5.69 Å². The van der Waals surface area contributed by atoms with Gasteiger partial charge in [-0.05, 0) is 19.4 Å². The summed E-state index contributed by atoms with van der Waals surface area (Å²) < 4.78 is 0. The Hall–Kier alpha value is -1.65. The Balaban J connectivity index is 2.13. The number of nitro groups is 1. The van der Waals surface area contributed by atoms with Gasteiger partial charge in [0.1, 0.15) is 11.5 Å². The maximum Gasteiger partial charge on any atom is 0.290 e. The predicted octanol–water partition coefficient (Wildman–Crippen LogP) is 4.85. The van der Waals surface area contributed by atoms with Gasteiger partial charge in [-0.25, -0.2) is 4.98 Å². The van der Waals surface area contributed by atoms with Gasteiger partial charge in [0.25, 0.3) is 5.69 Å². The van der Waals surface area contributed by atoms with Crippen molar-refractivity contribution in [1.29, 1.82) is 0 Å². The van der Waals surface area contributed by atoms with Crippen molar-refractivity contribution >= 4 is 11.5 Å². The fourth-order valence-electron chi connectivity index (χ4n) is 2.32. The van der Waals surface area contributed by atoms with Gasteiger partial charge in [-0.15, -0.1) is 0 Å². The molecule has 1 N–H and O–H groups in total. The first-order chi connectivity index (χ1) is 10.1. The number of hydrogen-bond acceptors (Lipinski definition) is 4. The summed E-state index contributed by atoms with van der Waals surface area (Å²) in [5.41, 5.74) is 0.536. The molecule has 1 rings (SSSR count). The van der Waals surface area contributed by atoms with Crippen molar-refractivity contribution < 1.29 is 4.92 Å². The van der Waals surface area contributed by atoms with Crippen LogP contribution in [0.2, 0.25) is 0 Å². The topological polar surface area (TPSA) is 68.1 Å². The first-order valence-electron chi connectivity index (χ1n) is 8.01. The molecule has 1 heterocycles. The Labute approximate surface area is 127 Å². The van der Waals surface area contributed by atoms with Crippen molar-refractivity contribution in [2.75, 3.05) is 11.9 Å². The van der Waals surface area contributed by atoms with Crippen LogP contribution in [0, 0.1) is 17.0 Å². The molecule has 21 heavy (non-hydrogen) atoms. The monoisotopic (exact) mass is 293 g/mol. The molecule has 1 aromatic heterocycles. The van der Waals surface area contributed by atoms with Gasteiger partial charge >= 0.3 is 0 Å². The Morgan fingerprint density at radius 3 is 2.29 bits per heavy atom. The molecule has 5 heteroatoms. The van der Waals surface area contributed by atoms with Crippen LogP contribution in [-0.4, -0.2) is 16.5 Å². The summed E-state index contributed by atoms with van der Waals surface area (Å²) >= 11 is 0. The van der Waals surface area contributed by atoms with Crippen molar-refractivity contribution in [2.24, 2.45) is 0 Å². The molecule has 0 fully saturated rings. The van der Waals surface area contributed by atoms with Crippen LogP contribution in [0.15, 0.2) is 12.1 Å². The fourth-order valence-corrected chi connectivity index (χ4v) is 2.32. The zero-order valence-corrected chi connectivity index (χ0v) is 13.2. The largest absolute Gasteiger partial charge is 0.370 e. The zero-order valence-electron chi connectivity index (χ0n) is 13.2.